The molecule has 1 unspecified atom stereocenters. The summed E-state index contributed by atoms with van der Waals surface area (Å²) in [4.78, 5) is 0. The minimum atomic E-state index is -3.21. The van der Waals surface area contributed by atoms with E-state index in [1.807, 2.05) is 11.5 Å². The van der Waals surface area contributed by atoms with Crippen LogP contribution in [0.3, 0.4) is 0 Å². The van der Waals surface area contributed by atoms with Gasteiger partial charge in [-0.3, -0.25) is 0 Å². The molecule has 0 bridgehead atoms. The second-order valence-corrected chi connectivity index (χ2v) is 5.67. The van der Waals surface area contributed by atoms with Crippen LogP contribution in [-0.4, -0.2) is 28.9 Å². The summed E-state index contributed by atoms with van der Waals surface area (Å²) in [5.41, 5.74) is 0. The predicted octanol–water partition coefficient (Wildman–Crippen LogP) is 0.688. The number of hydrogen-bond acceptors (Lipinski definition) is 4. The van der Waals surface area contributed by atoms with Crippen molar-refractivity contribution >= 4 is 10.0 Å². The molecular weight excluding hydrogens is 228 g/mol. The second kappa shape index (κ2) is 5.40. The molecule has 16 heavy (non-hydrogen) atoms. The van der Waals surface area contributed by atoms with E-state index in [1.165, 1.54) is 0 Å². The van der Waals surface area contributed by atoms with Crippen LogP contribution >= 0.6 is 0 Å². The van der Waals surface area contributed by atoms with Gasteiger partial charge in [0.15, 0.2) is 5.82 Å². The van der Waals surface area contributed by atoms with Crippen LogP contribution in [-0.2, 0) is 16.6 Å². The van der Waals surface area contributed by atoms with E-state index in [2.05, 4.69) is 14.9 Å². The maximum Gasteiger partial charge on any atom is 0.211 e. The van der Waals surface area contributed by atoms with Crippen molar-refractivity contribution in [3.05, 3.63) is 12.2 Å². The summed E-state index contributed by atoms with van der Waals surface area (Å²) in [7, 11) is -3.21. The quantitative estimate of drug-likeness (QED) is 0.801. The van der Waals surface area contributed by atoms with Crippen LogP contribution < -0.4 is 4.72 Å². The van der Waals surface area contributed by atoms with Crippen molar-refractivity contribution in [3.8, 4) is 0 Å². The molecule has 0 aliphatic carbocycles. The molecule has 7 heteroatoms. The lowest BCUT2D eigenvalue weighted by Gasteiger charge is -2.13. The highest BCUT2D eigenvalue weighted by Gasteiger charge is 2.18. The first kappa shape index (κ1) is 13.1. The highest BCUT2D eigenvalue weighted by atomic mass is 32.2. The van der Waals surface area contributed by atoms with Crippen LogP contribution in [0, 0.1) is 0 Å². The molecular formula is C9H18N4O2S. The number of nitrogens with zero attached hydrogens (tertiary/aromatic N) is 3. The topological polar surface area (TPSA) is 76.9 Å². The van der Waals surface area contributed by atoms with Gasteiger partial charge in [0.25, 0.3) is 0 Å². The molecule has 1 heterocycles. The lowest BCUT2D eigenvalue weighted by Crippen LogP contribution is -2.30. The van der Waals surface area contributed by atoms with Gasteiger partial charge in [-0.15, -0.1) is 10.2 Å². The number of hydrogen-bond donors (Lipinski definition) is 1. The van der Waals surface area contributed by atoms with Gasteiger partial charge in [0.2, 0.25) is 10.0 Å². The monoisotopic (exact) mass is 246 g/mol. The predicted molar refractivity (Wildman–Crippen MR) is 61.3 cm³/mol. The molecule has 0 fully saturated rings. The lowest BCUT2D eigenvalue weighted by molar-refractivity contribution is 0.540. The number of aryl methyl sites for hydroxylation is 1. The van der Waals surface area contributed by atoms with Crippen molar-refractivity contribution in [2.75, 3.05) is 5.75 Å². The summed E-state index contributed by atoms with van der Waals surface area (Å²) in [5, 5.41) is 7.74. The molecule has 0 radical (unpaired) electrons. The van der Waals surface area contributed by atoms with E-state index in [-0.39, 0.29) is 11.8 Å². The first-order valence-corrected chi connectivity index (χ1v) is 7.03. The Morgan fingerprint density at radius 3 is 2.75 bits per heavy atom. The van der Waals surface area contributed by atoms with E-state index in [0.717, 1.165) is 13.0 Å². The highest BCUT2D eigenvalue weighted by molar-refractivity contribution is 7.89. The first-order chi connectivity index (χ1) is 7.50. The van der Waals surface area contributed by atoms with Gasteiger partial charge >= 0.3 is 0 Å². The third kappa shape index (κ3) is 3.28. The van der Waals surface area contributed by atoms with E-state index >= 15 is 0 Å². The molecule has 0 saturated heterocycles. The van der Waals surface area contributed by atoms with Crippen molar-refractivity contribution in [2.45, 2.75) is 39.8 Å². The summed E-state index contributed by atoms with van der Waals surface area (Å²) in [5.74, 6) is 0.720. The van der Waals surface area contributed by atoms with Gasteiger partial charge in [-0.05, 0) is 20.3 Å². The fourth-order valence-electron chi connectivity index (χ4n) is 1.42. The van der Waals surface area contributed by atoms with Crippen LogP contribution in [0.4, 0.5) is 0 Å². The van der Waals surface area contributed by atoms with E-state index < -0.39 is 10.0 Å². The van der Waals surface area contributed by atoms with Gasteiger partial charge in [0.05, 0.1) is 11.8 Å². The van der Waals surface area contributed by atoms with Crippen LogP contribution in [0.5, 0.6) is 0 Å². The number of aromatic nitrogens is 3. The van der Waals surface area contributed by atoms with E-state index in [1.54, 1.807) is 20.2 Å². The average molecular weight is 246 g/mol. The molecule has 0 aliphatic heterocycles. The number of rotatable bonds is 6. The van der Waals surface area contributed by atoms with Gasteiger partial charge in [0, 0.05) is 6.54 Å². The first-order valence-electron chi connectivity index (χ1n) is 5.37. The van der Waals surface area contributed by atoms with Gasteiger partial charge in [-0.2, -0.15) is 0 Å². The summed E-state index contributed by atoms with van der Waals surface area (Å²) >= 11 is 0. The van der Waals surface area contributed by atoms with Crippen LogP contribution in [0.1, 0.15) is 39.1 Å². The highest BCUT2D eigenvalue weighted by Crippen LogP contribution is 2.10. The third-order valence-corrected chi connectivity index (χ3v) is 3.71. The van der Waals surface area contributed by atoms with Crippen LogP contribution in [0.2, 0.25) is 0 Å². The van der Waals surface area contributed by atoms with E-state index in [0.29, 0.717) is 5.82 Å². The summed E-state index contributed by atoms with van der Waals surface area (Å²) in [6, 6.07) is -0.348. The Labute approximate surface area is 96.1 Å². The Kier molecular flexibility index (Phi) is 4.43. The van der Waals surface area contributed by atoms with Crippen molar-refractivity contribution in [3.63, 3.8) is 0 Å². The summed E-state index contributed by atoms with van der Waals surface area (Å²) in [6.45, 7) is 6.21. The average Bonchev–Trinajstić information content (AvgIpc) is 2.66. The Morgan fingerprint density at radius 1 is 1.50 bits per heavy atom. The molecule has 1 aromatic rings. The van der Waals surface area contributed by atoms with Crippen molar-refractivity contribution in [1.82, 2.24) is 19.5 Å². The fraction of sp³-hybridized carbons (Fsp3) is 0.778. The Bertz CT molecular complexity index is 426. The second-order valence-electron chi connectivity index (χ2n) is 3.63. The van der Waals surface area contributed by atoms with Crippen molar-refractivity contribution < 1.29 is 8.42 Å². The molecule has 1 N–H and O–H groups in total. The molecule has 1 atom stereocenters. The molecule has 0 aliphatic rings. The molecule has 1 aromatic heterocycles. The number of sulfonamides is 1. The fourth-order valence-corrected chi connectivity index (χ4v) is 2.23. The zero-order chi connectivity index (χ0) is 12.2. The van der Waals surface area contributed by atoms with Crippen molar-refractivity contribution in [2.24, 2.45) is 0 Å². The molecule has 1 rings (SSSR count). The normalized spacial score (nSPS) is 13.9. The summed E-state index contributed by atoms with van der Waals surface area (Å²) < 4.78 is 27.2. The standard InChI is InChI=1S/C9H18N4O2S/c1-4-6-13-7-10-11-9(13)8(3)12-16(14,15)5-2/h7-8,12H,4-6H2,1-3H3. The van der Waals surface area contributed by atoms with Gasteiger partial charge in [0.1, 0.15) is 6.33 Å². The number of nitrogens with one attached hydrogen (secondary N) is 1. The Hall–Kier alpha value is -0.950. The van der Waals surface area contributed by atoms with Crippen molar-refractivity contribution in [1.29, 1.82) is 0 Å². The SMILES string of the molecule is CCCn1cnnc1C(C)NS(=O)(=O)CC. The van der Waals surface area contributed by atoms with Gasteiger partial charge < -0.3 is 4.57 Å². The largest absolute Gasteiger partial charge is 0.316 e. The smallest absolute Gasteiger partial charge is 0.211 e. The summed E-state index contributed by atoms with van der Waals surface area (Å²) in [6.07, 6.45) is 2.58. The zero-order valence-corrected chi connectivity index (χ0v) is 10.7. The van der Waals surface area contributed by atoms with Gasteiger partial charge in [-0.25, -0.2) is 13.1 Å². The molecule has 92 valence electrons. The van der Waals surface area contributed by atoms with E-state index in [9.17, 15) is 8.42 Å². The molecule has 0 saturated carbocycles. The maximum atomic E-state index is 11.4. The minimum Gasteiger partial charge on any atom is -0.316 e. The maximum absolute atomic E-state index is 11.4. The molecule has 6 nitrogen and oxygen atoms in total. The Morgan fingerprint density at radius 2 is 2.19 bits per heavy atom. The molecule has 0 spiro atoms. The minimum absolute atomic E-state index is 0.0687. The molecule has 0 aromatic carbocycles. The van der Waals surface area contributed by atoms with Crippen LogP contribution in [0.15, 0.2) is 6.33 Å². The lowest BCUT2D eigenvalue weighted by atomic mass is 10.3. The van der Waals surface area contributed by atoms with Gasteiger partial charge in [-0.1, -0.05) is 6.92 Å². The molecule has 0 amide bonds. The Balaban J connectivity index is 2.80. The third-order valence-electron chi connectivity index (χ3n) is 2.23. The zero-order valence-electron chi connectivity index (χ0n) is 9.84. The van der Waals surface area contributed by atoms with E-state index in [4.69, 9.17) is 0 Å². The van der Waals surface area contributed by atoms with Crippen LogP contribution in [0.25, 0.3) is 0 Å².